The molecule has 3 unspecified atom stereocenters. The topological polar surface area (TPSA) is 266 Å². The molecule has 198 valence electrons. The summed E-state index contributed by atoms with van der Waals surface area (Å²) in [4.78, 5) is 44.2. The molecule has 4 rings (SSSR count). The number of anilines is 1. The molecule has 0 spiro atoms. The van der Waals surface area contributed by atoms with E-state index in [1.165, 1.54) is 10.9 Å². The molecule has 0 aromatic carbocycles. The standard InChI is InChI=1S/C16H21N4O13P3/c17-14-11-9(8-3-1-2-4-8)5-20(15(11)19-7-18-14)16-13(22)12(21)10(31-16)6-30-35(26,27)33-36(28,29)32-34(23,24)25/h1-3,5,7,10,12-13,16,21-22H,4,6H2,(H,26,27)(H,28,29)(H2,17,18,19)(H2,23,24,25)/t10-,12?,13+,16-/m1/s1. The SMILES string of the molecule is Nc1ncnc2c1c(C1=CC=CC1)cn2[C@@H]1O[C@H](COP(=O)(O)OP(=O)(O)OP(=O)(O)O)C(O)[C@@H]1O. The number of fused-ring (bicyclic) bond motifs is 1. The zero-order valence-corrected chi connectivity index (χ0v) is 20.6. The molecule has 20 heteroatoms. The van der Waals surface area contributed by atoms with E-state index < -0.39 is 54.6 Å². The van der Waals surface area contributed by atoms with Crippen LogP contribution in [0.15, 0.2) is 30.8 Å². The Bertz CT molecular complexity index is 1370. The van der Waals surface area contributed by atoms with Crippen molar-refractivity contribution in [1.29, 1.82) is 0 Å². The van der Waals surface area contributed by atoms with Crippen LogP contribution in [0.25, 0.3) is 16.6 Å². The molecule has 1 aliphatic heterocycles. The number of hydrogen-bond donors (Lipinski definition) is 7. The number of nitrogen functional groups attached to an aromatic ring is 1. The van der Waals surface area contributed by atoms with E-state index in [4.69, 9.17) is 20.3 Å². The molecule has 2 aliphatic rings. The highest BCUT2D eigenvalue weighted by Gasteiger charge is 2.47. The Morgan fingerprint density at radius 3 is 2.44 bits per heavy atom. The van der Waals surface area contributed by atoms with E-state index in [2.05, 4.69) is 23.1 Å². The van der Waals surface area contributed by atoms with Gasteiger partial charge < -0.3 is 44.8 Å². The third-order valence-corrected chi connectivity index (χ3v) is 8.99. The van der Waals surface area contributed by atoms with Crippen molar-refractivity contribution in [3.63, 3.8) is 0 Å². The van der Waals surface area contributed by atoms with Crippen LogP contribution in [-0.2, 0) is 31.6 Å². The Morgan fingerprint density at radius 1 is 1.08 bits per heavy atom. The first kappa shape index (κ1) is 27.2. The normalized spacial score (nSPS) is 27.8. The van der Waals surface area contributed by atoms with Crippen molar-refractivity contribution in [3.8, 4) is 0 Å². The van der Waals surface area contributed by atoms with Crippen molar-refractivity contribution in [2.24, 2.45) is 0 Å². The first-order chi connectivity index (χ1) is 16.7. The third-order valence-electron chi connectivity index (χ3n) is 5.19. The highest BCUT2D eigenvalue weighted by Crippen LogP contribution is 2.66. The molecular formula is C16H21N4O13P3. The molecule has 17 nitrogen and oxygen atoms in total. The highest BCUT2D eigenvalue weighted by atomic mass is 31.3. The van der Waals surface area contributed by atoms with Crippen molar-refractivity contribution in [2.75, 3.05) is 12.3 Å². The van der Waals surface area contributed by atoms with Gasteiger partial charge in [-0.25, -0.2) is 23.7 Å². The predicted octanol–water partition coefficient (Wildman–Crippen LogP) is 0.319. The monoisotopic (exact) mass is 570 g/mol. The number of ether oxygens (including phenoxy) is 1. The van der Waals surface area contributed by atoms with Gasteiger partial charge >= 0.3 is 23.5 Å². The van der Waals surface area contributed by atoms with Gasteiger partial charge in [0.15, 0.2) is 6.23 Å². The van der Waals surface area contributed by atoms with E-state index in [1.54, 1.807) is 6.20 Å². The highest BCUT2D eigenvalue weighted by molar-refractivity contribution is 7.66. The molecule has 0 radical (unpaired) electrons. The fraction of sp³-hybridized carbons (Fsp3) is 0.375. The van der Waals surface area contributed by atoms with E-state index in [1.807, 2.05) is 18.2 Å². The van der Waals surface area contributed by atoms with Crippen LogP contribution in [0.4, 0.5) is 5.82 Å². The van der Waals surface area contributed by atoms with Crippen molar-refractivity contribution in [2.45, 2.75) is 31.0 Å². The quantitative estimate of drug-likeness (QED) is 0.200. The van der Waals surface area contributed by atoms with Gasteiger partial charge in [-0.3, -0.25) is 4.52 Å². The average Bonchev–Trinajstić information content (AvgIpc) is 3.44. The summed E-state index contributed by atoms with van der Waals surface area (Å²) in [6.45, 7) is -0.948. The van der Waals surface area contributed by atoms with Crippen LogP contribution in [0.1, 0.15) is 18.2 Å². The molecule has 3 heterocycles. The summed E-state index contributed by atoms with van der Waals surface area (Å²) in [5.74, 6) is 0.166. The van der Waals surface area contributed by atoms with Gasteiger partial charge in [-0.05, 0) is 12.0 Å². The predicted molar refractivity (Wildman–Crippen MR) is 119 cm³/mol. The summed E-state index contributed by atoms with van der Waals surface area (Å²) in [7, 11) is -16.7. The second-order valence-electron chi connectivity index (χ2n) is 7.66. The van der Waals surface area contributed by atoms with E-state index >= 15 is 0 Å². The maximum absolute atomic E-state index is 12.0. The van der Waals surface area contributed by atoms with Crippen molar-refractivity contribution in [3.05, 3.63) is 36.3 Å². The zero-order valence-electron chi connectivity index (χ0n) is 17.9. The Morgan fingerprint density at radius 2 is 1.81 bits per heavy atom. The Kier molecular flexibility index (Phi) is 7.43. The molecule has 0 bridgehead atoms. The first-order valence-electron chi connectivity index (χ1n) is 9.94. The fourth-order valence-corrected chi connectivity index (χ4v) is 6.79. The summed E-state index contributed by atoms with van der Waals surface area (Å²) in [6, 6.07) is 0. The van der Waals surface area contributed by atoms with Crippen LogP contribution >= 0.6 is 23.5 Å². The number of nitrogens with two attached hydrogens (primary N) is 1. The minimum atomic E-state index is -5.72. The van der Waals surface area contributed by atoms with Gasteiger partial charge in [-0.2, -0.15) is 8.62 Å². The van der Waals surface area contributed by atoms with Crippen molar-refractivity contribution < 1.29 is 61.4 Å². The minimum absolute atomic E-state index is 0.166. The molecule has 1 aliphatic carbocycles. The molecule has 1 fully saturated rings. The summed E-state index contributed by atoms with van der Waals surface area (Å²) in [6.07, 6.45) is 3.04. The molecule has 6 atom stereocenters. The van der Waals surface area contributed by atoms with E-state index in [0.29, 0.717) is 17.4 Å². The number of aliphatic hydroxyl groups excluding tert-OH is 2. The maximum Gasteiger partial charge on any atom is 0.490 e. The maximum atomic E-state index is 12.0. The van der Waals surface area contributed by atoms with E-state index in [9.17, 15) is 33.7 Å². The van der Waals surface area contributed by atoms with Crippen molar-refractivity contribution >= 4 is 45.9 Å². The lowest BCUT2D eigenvalue weighted by Gasteiger charge is -2.19. The summed E-state index contributed by atoms with van der Waals surface area (Å²) in [5.41, 5.74) is 7.87. The average molecular weight is 570 g/mol. The molecule has 36 heavy (non-hydrogen) atoms. The molecule has 0 amide bonds. The van der Waals surface area contributed by atoms with Crippen LogP contribution in [0.5, 0.6) is 0 Å². The van der Waals surface area contributed by atoms with Gasteiger partial charge in [-0.15, -0.1) is 0 Å². The second kappa shape index (κ2) is 9.82. The Labute approximate surface area is 201 Å². The number of phosphoric ester groups is 1. The lowest BCUT2D eigenvalue weighted by atomic mass is 10.1. The minimum Gasteiger partial charge on any atom is -0.387 e. The first-order valence-corrected chi connectivity index (χ1v) is 14.5. The van der Waals surface area contributed by atoms with E-state index in [-0.39, 0.29) is 11.5 Å². The van der Waals surface area contributed by atoms with Crippen molar-refractivity contribution in [1.82, 2.24) is 14.5 Å². The van der Waals surface area contributed by atoms with Gasteiger partial charge in [0.05, 0.1) is 12.0 Å². The number of aliphatic hydroxyl groups is 2. The van der Waals surface area contributed by atoms with Gasteiger partial charge in [0.1, 0.15) is 36.1 Å². The van der Waals surface area contributed by atoms with Crippen LogP contribution in [0.2, 0.25) is 0 Å². The summed E-state index contributed by atoms with van der Waals surface area (Å²) < 4.78 is 53.0. The lowest BCUT2D eigenvalue weighted by Crippen LogP contribution is -2.33. The summed E-state index contributed by atoms with van der Waals surface area (Å²) in [5, 5.41) is 21.5. The number of rotatable bonds is 9. The van der Waals surface area contributed by atoms with E-state index in [0.717, 1.165) is 5.57 Å². The molecular weight excluding hydrogens is 549 g/mol. The lowest BCUT2D eigenvalue weighted by molar-refractivity contribution is -0.0500. The van der Waals surface area contributed by atoms with Crippen LogP contribution in [0.3, 0.4) is 0 Å². The molecule has 8 N–H and O–H groups in total. The smallest absolute Gasteiger partial charge is 0.387 e. The van der Waals surface area contributed by atoms with Gasteiger partial charge in [0.2, 0.25) is 0 Å². The number of phosphoric acid groups is 3. The molecule has 2 aromatic rings. The van der Waals surface area contributed by atoms with Crippen LogP contribution in [-0.4, -0.2) is 69.2 Å². The number of aromatic nitrogens is 3. The fourth-order valence-electron chi connectivity index (χ4n) is 3.76. The number of allylic oxidation sites excluding steroid dienone is 4. The van der Waals surface area contributed by atoms with Crippen LogP contribution in [0, 0.1) is 0 Å². The summed E-state index contributed by atoms with van der Waals surface area (Å²) >= 11 is 0. The Hall–Kier alpha value is -1.81. The molecule has 2 aromatic heterocycles. The number of nitrogens with zero attached hydrogens (tertiary/aromatic N) is 3. The molecule has 0 saturated carbocycles. The largest absolute Gasteiger partial charge is 0.490 e. The van der Waals surface area contributed by atoms with Gasteiger partial charge in [0.25, 0.3) is 0 Å². The third kappa shape index (κ3) is 5.85. The number of hydrogen-bond acceptors (Lipinski definition) is 12. The Balaban J connectivity index is 1.53. The van der Waals surface area contributed by atoms with Gasteiger partial charge in [0, 0.05) is 11.8 Å². The molecule has 1 saturated heterocycles. The second-order valence-corrected chi connectivity index (χ2v) is 12.1. The van der Waals surface area contributed by atoms with Gasteiger partial charge in [-0.1, -0.05) is 18.2 Å². The van der Waals surface area contributed by atoms with Crippen LogP contribution < -0.4 is 5.73 Å². The zero-order chi connectivity index (χ0) is 26.5.